The molecule has 0 radical (unpaired) electrons. The number of nitrogens with zero attached hydrogens (tertiary/aromatic N) is 2. The number of rotatable bonds is 17. The van der Waals surface area contributed by atoms with E-state index < -0.39 is 0 Å². The van der Waals surface area contributed by atoms with E-state index in [-0.39, 0.29) is 24.3 Å². The number of piperazine rings is 1. The van der Waals surface area contributed by atoms with Gasteiger partial charge in [0.2, 0.25) is 5.91 Å². The summed E-state index contributed by atoms with van der Waals surface area (Å²) >= 11 is 0. The van der Waals surface area contributed by atoms with Crippen molar-refractivity contribution in [1.29, 1.82) is 0 Å². The Hall–Kier alpha value is -4.45. The van der Waals surface area contributed by atoms with Crippen LogP contribution < -0.4 is 25.8 Å². The van der Waals surface area contributed by atoms with Crippen LogP contribution in [0.3, 0.4) is 0 Å². The molecule has 0 unspecified atom stereocenters. The van der Waals surface area contributed by atoms with Gasteiger partial charge in [-0.2, -0.15) is 0 Å². The Morgan fingerprint density at radius 1 is 0.755 bits per heavy atom. The predicted octanol–water partition coefficient (Wildman–Crippen LogP) is 5.40. The molecule has 0 atom stereocenters. The Morgan fingerprint density at radius 3 is 2.14 bits per heavy atom. The Kier molecular flexibility index (Phi) is 14.4. The van der Waals surface area contributed by atoms with Crippen LogP contribution in [0.5, 0.6) is 11.5 Å². The quantitative estimate of drug-likeness (QED) is 0.162. The minimum atomic E-state index is -0.333. The first-order chi connectivity index (χ1) is 23.7. The molecule has 3 aromatic carbocycles. The largest absolute Gasteiger partial charge is 0.493 e. The third-order valence-electron chi connectivity index (χ3n) is 8.44. The molecule has 1 aliphatic heterocycles. The van der Waals surface area contributed by atoms with Gasteiger partial charge >= 0.3 is 0 Å². The molecule has 1 heterocycles. The summed E-state index contributed by atoms with van der Waals surface area (Å²) in [6, 6.07) is 16.1. The van der Waals surface area contributed by atoms with E-state index in [2.05, 4.69) is 22.6 Å². The number of ether oxygens (including phenoxy) is 3. The number of aryl methyl sites for hydroxylation is 2. The lowest BCUT2D eigenvalue weighted by atomic mass is 10.1. The lowest BCUT2D eigenvalue weighted by Crippen LogP contribution is -2.47. The summed E-state index contributed by atoms with van der Waals surface area (Å²) in [6.07, 6.45) is 3.73. The molecule has 4 rings (SSSR count). The second kappa shape index (κ2) is 18.9. The van der Waals surface area contributed by atoms with Gasteiger partial charge in [0.15, 0.2) is 0 Å². The molecule has 1 saturated heterocycles. The lowest BCUT2D eigenvalue weighted by Gasteiger charge is -2.32. The molecular formula is C38H51N5O6. The number of hydrogen-bond acceptors (Lipinski definition) is 8. The summed E-state index contributed by atoms with van der Waals surface area (Å²) in [4.78, 5) is 43.5. The number of methoxy groups -OCH3 is 1. The average Bonchev–Trinajstić information content (AvgIpc) is 3.08. The molecule has 0 bridgehead atoms. The number of nitrogens with two attached hydrogens (primary N) is 1. The fourth-order valence-electron chi connectivity index (χ4n) is 5.52. The van der Waals surface area contributed by atoms with Gasteiger partial charge in [0.25, 0.3) is 11.8 Å². The summed E-state index contributed by atoms with van der Waals surface area (Å²) in [6.45, 7) is 8.92. The summed E-state index contributed by atoms with van der Waals surface area (Å²) < 4.78 is 17.4. The zero-order valence-electron chi connectivity index (χ0n) is 29.3. The van der Waals surface area contributed by atoms with Gasteiger partial charge in [-0.3, -0.25) is 14.4 Å². The van der Waals surface area contributed by atoms with Gasteiger partial charge in [0.05, 0.1) is 31.1 Å². The number of unbranched alkanes of at least 4 members (excludes halogenated alkanes) is 2. The van der Waals surface area contributed by atoms with E-state index in [9.17, 15) is 14.4 Å². The van der Waals surface area contributed by atoms with Gasteiger partial charge in [0, 0.05) is 56.5 Å². The van der Waals surface area contributed by atoms with Crippen molar-refractivity contribution in [3.05, 3.63) is 82.4 Å². The number of likely N-dealkylation sites (N-methyl/N-ethyl adjacent to an activating group) is 1. The highest BCUT2D eigenvalue weighted by atomic mass is 16.5. The molecule has 3 aromatic rings. The van der Waals surface area contributed by atoms with Gasteiger partial charge in [0.1, 0.15) is 11.5 Å². The van der Waals surface area contributed by atoms with E-state index in [1.54, 1.807) is 31.4 Å². The second-order valence-electron chi connectivity index (χ2n) is 12.5. The van der Waals surface area contributed by atoms with E-state index in [0.29, 0.717) is 72.2 Å². The van der Waals surface area contributed by atoms with Crippen LogP contribution in [0.1, 0.15) is 69.5 Å². The summed E-state index contributed by atoms with van der Waals surface area (Å²) in [5.41, 5.74) is 10.1. The van der Waals surface area contributed by atoms with Crippen molar-refractivity contribution in [3.63, 3.8) is 0 Å². The molecular weight excluding hydrogens is 622 g/mol. The Bertz CT molecular complexity index is 1570. The first kappa shape index (κ1) is 37.4. The highest BCUT2D eigenvalue weighted by Gasteiger charge is 2.19. The highest BCUT2D eigenvalue weighted by molar-refractivity contribution is 6.08. The summed E-state index contributed by atoms with van der Waals surface area (Å²) in [5.74, 6) is 0.653. The van der Waals surface area contributed by atoms with Gasteiger partial charge in [-0.25, -0.2) is 0 Å². The molecule has 3 amide bonds. The van der Waals surface area contributed by atoms with Crippen molar-refractivity contribution < 1.29 is 28.6 Å². The molecule has 1 aliphatic rings. The first-order valence-electron chi connectivity index (χ1n) is 17.1. The third-order valence-corrected chi connectivity index (χ3v) is 8.44. The molecule has 1 fully saturated rings. The molecule has 11 heteroatoms. The molecule has 11 nitrogen and oxygen atoms in total. The number of amides is 3. The molecule has 49 heavy (non-hydrogen) atoms. The van der Waals surface area contributed by atoms with Crippen LogP contribution in [0.25, 0.3) is 0 Å². The number of carbonyl (C=O) groups is 3. The van der Waals surface area contributed by atoms with Crippen LogP contribution in [0, 0.1) is 13.8 Å². The van der Waals surface area contributed by atoms with Crippen LogP contribution in [-0.2, 0) is 16.1 Å². The Labute approximate surface area is 290 Å². The van der Waals surface area contributed by atoms with E-state index in [1.165, 1.54) is 0 Å². The maximum atomic E-state index is 13.4. The lowest BCUT2D eigenvalue weighted by molar-refractivity contribution is -0.132. The first-order valence-corrected chi connectivity index (χ1v) is 17.1. The number of nitrogens with one attached hydrogen (secondary N) is 2. The van der Waals surface area contributed by atoms with Crippen LogP contribution in [0.15, 0.2) is 54.6 Å². The predicted molar refractivity (Wildman–Crippen MR) is 193 cm³/mol. The summed E-state index contributed by atoms with van der Waals surface area (Å²) in [7, 11) is 3.64. The number of anilines is 2. The Balaban J connectivity index is 1.35. The van der Waals surface area contributed by atoms with Crippen molar-refractivity contribution in [2.24, 2.45) is 5.73 Å². The number of benzene rings is 3. The van der Waals surface area contributed by atoms with Crippen LogP contribution in [0.4, 0.5) is 11.4 Å². The molecule has 0 saturated carbocycles. The van der Waals surface area contributed by atoms with Gasteiger partial charge in [-0.1, -0.05) is 12.1 Å². The highest BCUT2D eigenvalue weighted by Crippen LogP contribution is 2.28. The minimum absolute atomic E-state index is 0.185. The molecule has 0 spiro atoms. The maximum absolute atomic E-state index is 13.4. The molecule has 264 valence electrons. The monoisotopic (exact) mass is 673 g/mol. The summed E-state index contributed by atoms with van der Waals surface area (Å²) in [5, 5.41) is 5.94. The van der Waals surface area contributed by atoms with Crippen LogP contribution in [-0.4, -0.2) is 87.6 Å². The van der Waals surface area contributed by atoms with Crippen molar-refractivity contribution in [2.45, 2.75) is 52.6 Å². The smallest absolute Gasteiger partial charge is 0.259 e. The molecule has 0 aromatic heterocycles. The zero-order valence-corrected chi connectivity index (χ0v) is 29.3. The topological polar surface area (TPSA) is 135 Å². The Morgan fingerprint density at radius 2 is 1.41 bits per heavy atom. The molecule has 4 N–H and O–H groups in total. The van der Waals surface area contributed by atoms with Crippen molar-refractivity contribution in [3.8, 4) is 11.5 Å². The number of carbonyl (C=O) groups excluding carboxylic acids is 3. The minimum Gasteiger partial charge on any atom is -0.493 e. The van der Waals surface area contributed by atoms with E-state index in [1.807, 2.05) is 49.1 Å². The molecule has 0 aliphatic carbocycles. The fourth-order valence-corrected chi connectivity index (χ4v) is 5.52. The zero-order chi connectivity index (χ0) is 35.2. The van der Waals surface area contributed by atoms with E-state index in [4.69, 9.17) is 19.9 Å². The standard InChI is InChI=1S/C38H51N5O6/c1-27-10-13-31(34(23-27)48-22-8-16-39)38(46)40-32-15-12-29(25-30(32)26-47-4)37(45)41-33-14-11-28(2)24-35(33)49-21-7-5-6-9-36(44)43-19-17-42(3)18-20-43/h10-15,23-25H,5-9,16-22,26,39H2,1-4H3,(H,40,46)(H,41,45). The van der Waals surface area contributed by atoms with Crippen LogP contribution >= 0.6 is 0 Å². The van der Waals surface area contributed by atoms with Gasteiger partial charge in [-0.05, 0) is 107 Å². The number of hydrogen-bond donors (Lipinski definition) is 3. The van der Waals surface area contributed by atoms with Crippen molar-refractivity contribution >= 4 is 29.1 Å². The van der Waals surface area contributed by atoms with Crippen molar-refractivity contribution in [2.75, 3.05) is 70.7 Å². The van der Waals surface area contributed by atoms with E-state index in [0.717, 1.165) is 56.6 Å². The van der Waals surface area contributed by atoms with E-state index >= 15 is 0 Å². The van der Waals surface area contributed by atoms with Gasteiger partial charge in [-0.15, -0.1) is 0 Å². The average molecular weight is 674 g/mol. The van der Waals surface area contributed by atoms with Gasteiger partial charge < -0.3 is 40.4 Å². The fraction of sp³-hybridized carbons (Fsp3) is 0.447. The SMILES string of the molecule is COCc1cc(C(=O)Nc2ccc(C)cc2OCCCCCC(=O)N2CCN(C)CC2)ccc1NC(=O)c1ccc(C)cc1OCCCN. The van der Waals surface area contributed by atoms with Crippen LogP contribution in [0.2, 0.25) is 0 Å². The second-order valence-corrected chi connectivity index (χ2v) is 12.5. The normalized spacial score (nSPS) is 13.2. The third kappa shape index (κ3) is 11.3. The maximum Gasteiger partial charge on any atom is 0.259 e. The van der Waals surface area contributed by atoms with Crippen molar-refractivity contribution in [1.82, 2.24) is 9.80 Å².